The van der Waals surface area contributed by atoms with Crippen LogP contribution in [0.1, 0.15) is 26.3 Å². The lowest BCUT2D eigenvalue weighted by molar-refractivity contribution is 0.0697. The molecule has 0 aliphatic rings. The zero-order chi connectivity index (χ0) is 24.2. The van der Waals surface area contributed by atoms with Crippen LogP contribution in [0.3, 0.4) is 0 Å². The first-order chi connectivity index (χ1) is 15.6. The molecule has 3 rings (SSSR count). The lowest BCUT2D eigenvalue weighted by atomic mass is 10.2. The molecule has 33 heavy (non-hydrogen) atoms. The third-order valence-corrected chi connectivity index (χ3v) is 5.20. The van der Waals surface area contributed by atoms with E-state index < -0.39 is 27.5 Å². The first-order valence-electron chi connectivity index (χ1n) is 9.48. The van der Waals surface area contributed by atoms with E-state index in [0.29, 0.717) is 11.3 Å². The number of amides is 1. The van der Waals surface area contributed by atoms with Crippen molar-refractivity contribution in [1.29, 1.82) is 0 Å². The molecule has 0 fully saturated rings. The van der Waals surface area contributed by atoms with Crippen molar-refractivity contribution in [3.8, 4) is 0 Å². The summed E-state index contributed by atoms with van der Waals surface area (Å²) in [6.45, 7) is 0. The van der Waals surface area contributed by atoms with E-state index in [-0.39, 0.29) is 34.3 Å². The third-order valence-electron chi connectivity index (χ3n) is 4.34. The Balaban J connectivity index is 1.94. The molecule has 0 radical (unpaired) electrons. The number of carboxylic acids is 1. The van der Waals surface area contributed by atoms with Gasteiger partial charge in [0, 0.05) is 30.8 Å². The van der Waals surface area contributed by atoms with Crippen molar-refractivity contribution in [2.24, 2.45) is 0 Å². The molecular weight excluding hydrogens is 453 g/mol. The van der Waals surface area contributed by atoms with Crippen LogP contribution < -0.4 is 16.0 Å². The standard InChI is InChI=1S/C21H20FN5O5S/c1-23-19(28)13-6-7-16(22)17(9-13)26-21-24-10-15(20(29)30)18(27-21)25-14-5-3-4-12(8-14)11-33(2,31)32/h3-10H,11H2,1-2H3,(H,23,28)(H,29,30)(H2,24,25,26,27). The summed E-state index contributed by atoms with van der Waals surface area (Å²) in [6.07, 6.45) is 2.15. The summed E-state index contributed by atoms with van der Waals surface area (Å²) in [6, 6.07) is 10.1. The van der Waals surface area contributed by atoms with Gasteiger partial charge in [0.1, 0.15) is 11.4 Å². The van der Waals surface area contributed by atoms with Crippen molar-refractivity contribution in [1.82, 2.24) is 15.3 Å². The molecule has 4 N–H and O–H groups in total. The van der Waals surface area contributed by atoms with Gasteiger partial charge in [-0.2, -0.15) is 4.98 Å². The number of carbonyl (C=O) groups is 2. The van der Waals surface area contributed by atoms with Gasteiger partial charge in [0.25, 0.3) is 5.91 Å². The SMILES string of the molecule is CNC(=O)c1ccc(F)c(Nc2ncc(C(=O)O)c(Nc3cccc(CS(C)(=O)=O)c3)n2)c1. The second-order valence-corrected chi connectivity index (χ2v) is 9.20. The molecule has 1 amide bonds. The third kappa shape index (κ3) is 6.23. The van der Waals surface area contributed by atoms with Crippen LogP contribution in [0.4, 0.5) is 27.5 Å². The van der Waals surface area contributed by atoms with E-state index in [0.717, 1.165) is 18.5 Å². The van der Waals surface area contributed by atoms with Gasteiger partial charge >= 0.3 is 5.97 Å². The highest BCUT2D eigenvalue weighted by atomic mass is 32.2. The molecule has 0 aliphatic carbocycles. The van der Waals surface area contributed by atoms with Crippen molar-refractivity contribution in [3.63, 3.8) is 0 Å². The molecule has 0 unspecified atom stereocenters. The van der Waals surface area contributed by atoms with E-state index in [9.17, 15) is 27.5 Å². The Morgan fingerprint density at radius 1 is 1.12 bits per heavy atom. The van der Waals surface area contributed by atoms with Crippen molar-refractivity contribution in [3.05, 3.63) is 71.2 Å². The summed E-state index contributed by atoms with van der Waals surface area (Å²) in [7, 11) is -1.83. The van der Waals surface area contributed by atoms with Crippen LogP contribution in [0.25, 0.3) is 0 Å². The summed E-state index contributed by atoms with van der Waals surface area (Å²) in [4.78, 5) is 31.5. The Hall–Kier alpha value is -4.06. The fourth-order valence-electron chi connectivity index (χ4n) is 2.90. The maximum absolute atomic E-state index is 14.2. The van der Waals surface area contributed by atoms with Gasteiger partial charge in [0.15, 0.2) is 15.7 Å². The van der Waals surface area contributed by atoms with E-state index in [1.807, 2.05) is 0 Å². The van der Waals surface area contributed by atoms with E-state index in [2.05, 4.69) is 25.9 Å². The second-order valence-electron chi connectivity index (χ2n) is 7.06. The molecule has 0 saturated carbocycles. The monoisotopic (exact) mass is 473 g/mol. The minimum Gasteiger partial charge on any atom is -0.477 e. The van der Waals surface area contributed by atoms with Gasteiger partial charge < -0.3 is 21.1 Å². The number of benzene rings is 2. The topological polar surface area (TPSA) is 150 Å². The van der Waals surface area contributed by atoms with Crippen LogP contribution in [-0.2, 0) is 15.6 Å². The molecular formula is C21H20FN5O5S. The molecule has 1 aromatic heterocycles. The second kappa shape index (κ2) is 9.61. The largest absolute Gasteiger partial charge is 0.477 e. The first-order valence-corrected chi connectivity index (χ1v) is 11.5. The highest BCUT2D eigenvalue weighted by molar-refractivity contribution is 7.89. The Bertz CT molecular complexity index is 1330. The van der Waals surface area contributed by atoms with E-state index >= 15 is 0 Å². The number of anilines is 4. The number of rotatable bonds is 8. The van der Waals surface area contributed by atoms with Crippen LogP contribution in [0.2, 0.25) is 0 Å². The number of hydrogen-bond acceptors (Lipinski definition) is 8. The first kappa shape index (κ1) is 23.6. The average Bonchev–Trinajstić information content (AvgIpc) is 2.73. The van der Waals surface area contributed by atoms with Gasteiger partial charge in [0.05, 0.1) is 11.4 Å². The maximum atomic E-state index is 14.2. The summed E-state index contributed by atoms with van der Waals surface area (Å²) >= 11 is 0. The van der Waals surface area contributed by atoms with Crippen LogP contribution in [0.15, 0.2) is 48.7 Å². The number of hydrogen-bond donors (Lipinski definition) is 4. The van der Waals surface area contributed by atoms with Gasteiger partial charge in [-0.15, -0.1) is 0 Å². The van der Waals surface area contributed by atoms with Gasteiger partial charge in [-0.25, -0.2) is 22.6 Å². The van der Waals surface area contributed by atoms with Crippen LogP contribution in [0.5, 0.6) is 0 Å². The molecule has 0 saturated heterocycles. The predicted octanol–water partition coefficient (Wildman–Crippen LogP) is 2.71. The zero-order valence-corrected chi connectivity index (χ0v) is 18.4. The minimum absolute atomic E-state index is 0.0831. The Morgan fingerprint density at radius 2 is 1.88 bits per heavy atom. The zero-order valence-electron chi connectivity index (χ0n) is 17.6. The molecule has 2 aromatic carbocycles. The number of halogens is 1. The molecule has 3 aromatic rings. The summed E-state index contributed by atoms with van der Waals surface area (Å²) < 4.78 is 37.4. The average molecular weight is 473 g/mol. The predicted molar refractivity (Wildman–Crippen MR) is 120 cm³/mol. The number of carbonyl (C=O) groups excluding carboxylic acids is 1. The molecule has 12 heteroatoms. The molecule has 0 spiro atoms. The highest BCUT2D eigenvalue weighted by Crippen LogP contribution is 2.24. The normalized spacial score (nSPS) is 11.0. The van der Waals surface area contributed by atoms with Gasteiger partial charge in [-0.05, 0) is 35.9 Å². The van der Waals surface area contributed by atoms with Crippen LogP contribution in [0, 0.1) is 5.82 Å². The summed E-state index contributed by atoms with van der Waals surface area (Å²) in [5.41, 5.74) is 0.759. The number of aromatic carboxylic acids is 1. The van der Waals surface area contributed by atoms with E-state index in [1.165, 1.54) is 19.2 Å². The number of nitrogens with one attached hydrogen (secondary N) is 3. The quantitative estimate of drug-likeness (QED) is 0.387. The van der Waals surface area contributed by atoms with Crippen molar-refractivity contribution in [2.45, 2.75) is 5.75 Å². The van der Waals surface area contributed by atoms with Crippen molar-refractivity contribution >= 4 is 44.9 Å². The van der Waals surface area contributed by atoms with Gasteiger partial charge in [0.2, 0.25) is 5.95 Å². The van der Waals surface area contributed by atoms with Crippen molar-refractivity contribution in [2.75, 3.05) is 23.9 Å². The Morgan fingerprint density at radius 3 is 2.55 bits per heavy atom. The van der Waals surface area contributed by atoms with Crippen LogP contribution >= 0.6 is 0 Å². The fraction of sp³-hybridized carbons (Fsp3) is 0.143. The number of nitrogens with zero attached hydrogens (tertiary/aromatic N) is 2. The lowest BCUT2D eigenvalue weighted by Crippen LogP contribution is -2.18. The van der Waals surface area contributed by atoms with E-state index in [4.69, 9.17) is 0 Å². The summed E-state index contributed by atoms with van der Waals surface area (Å²) in [5, 5.41) is 17.4. The minimum atomic E-state index is -3.27. The molecule has 0 bridgehead atoms. The number of carboxylic acid groups (broad SMARTS) is 1. The summed E-state index contributed by atoms with van der Waals surface area (Å²) in [5.74, 6) is -2.80. The van der Waals surface area contributed by atoms with Crippen molar-refractivity contribution < 1.29 is 27.5 Å². The molecule has 0 aliphatic heterocycles. The molecule has 172 valence electrons. The Kier molecular flexibility index (Phi) is 6.87. The van der Waals surface area contributed by atoms with Crippen LogP contribution in [-0.4, -0.2) is 48.7 Å². The van der Waals surface area contributed by atoms with Gasteiger partial charge in [-0.3, -0.25) is 4.79 Å². The fourth-order valence-corrected chi connectivity index (χ4v) is 3.68. The molecule has 10 nitrogen and oxygen atoms in total. The van der Waals surface area contributed by atoms with Gasteiger partial charge in [-0.1, -0.05) is 12.1 Å². The molecule has 1 heterocycles. The lowest BCUT2D eigenvalue weighted by Gasteiger charge is -2.13. The Labute approximate surface area is 188 Å². The van der Waals surface area contributed by atoms with E-state index in [1.54, 1.807) is 24.3 Å². The highest BCUT2D eigenvalue weighted by Gasteiger charge is 2.16. The number of aromatic nitrogens is 2. The number of sulfone groups is 1. The molecule has 0 atom stereocenters. The smallest absolute Gasteiger partial charge is 0.341 e. The maximum Gasteiger partial charge on any atom is 0.341 e.